The van der Waals surface area contributed by atoms with Crippen LogP contribution in [0, 0.1) is 0 Å². The van der Waals surface area contributed by atoms with Gasteiger partial charge in [0.1, 0.15) is 12.6 Å². The number of hydrogen-bond donors (Lipinski definition) is 0. The molecule has 0 aromatic heterocycles. The Morgan fingerprint density at radius 1 is 1.00 bits per heavy atom. The summed E-state index contributed by atoms with van der Waals surface area (Å²) >= 11 is 6.01. The smallest absolute Gasteiger partial charge is 0.250 e. The summed E-state index contributed by atoms with van der Waals surface area (Å²) in [6.07, 6.45) is 6.75. The lowest BCUT2D eigenvalue weighted by atomic mass is 9.96. The van der Waals surface area contributed by atoms with Crippen LogP contribution in [0.2, 0.25) is 5.02 Å². The second-order valence-corrected chi connectivity index (χ2v) is 7.90. The predicted octanol–water partition coefficient (Wildman–Crippen LogP) is 4.18. The zero-order valence-electron chi connectivity index (χ0n) is 15.1. The van der Waals surface area contributed by atoms with Crippen LogP contribution in [0.1, 0.15) is 64.0 Å². The molecule has 136 valence electrons. The average molecular weight is 363 g/mol. The minimum Gasteiger partial charge on any atom is -0.328 e. The maximum Gasteiger partial charge on any atom is 0.250 e. The summed E-state index contributed by atoms with van der Waals surface area (Å²) in [6.45, 7) is 4.15. The van der Waals surface area contributed by atoms with Gasteiger partial charge in [0.05, 0.1) is 0 Å². The van der Waals surface area contributed by atoms with Gasteiger partial charge in [0.2, 0.25) is 5.91 Å². The van der Waals surface area contributed by atoms with Crippen LogP contribution in [0.3, 0.4) is 0 Å². The van der Waals surface area contributed by atoms with Crippen LogP contribution in [0.4, 0.5) is 0 Å². The molecule has 1 unspecified atom stereocenters. The molecule has 1 aromatic carbocycles. The van der Waals surface area contributed by atoms with Crippen LogP contribution >= 0.6 is 11.6 Å². The quantitative estimate of drug-likeness (QED) is 0.757. The van der Waals surface area contributed by atoms with Gasteiger partial charge in [0, 0.05) is 17.1 Å². The molecule has 3 rings (SSSR count). The summed E-state index contributed by atoms with van der Waals surface area (Å²) < 4.78 is 0. The fourth-order valence-corrected chi connectivity index (χ4v) is 4.26. The van der Waals surface area contributed by atoms with E-state index in [1.807, 2.05) is 30.9 Å². The van der Waals surface area contributed by atoms with E-state index in [2.05, 4.69) is 0 Å². The monoisotopic (exact) mass is 362 g/mol. The van der Waals surface area contributed by atoms with E-state index in [0.29, 0.717) is 5.02 Å². The number of hydrogen-bond acceptors (Lipinski definition) is 2. The molecule has 1 saturated carbocycles. The van der Waals surface area contributed by atoms with E-state index in [9.17, 15) is 9.59 Å². The minimum atomic E-state index is -0.540. The first-order valence-corrected chi connectivity index (χ1v) is 9.74. The van der Waals surface area contributed by atoms with Crippen molar-refractivity contribution in [2.45, 2.75) is 70.5 Å². The number of nitrogens with zero attached hydrogens (tertiary/aromatic N) is 2. The molecule has 1 aliphatic carbocycles. The summed E-state index contributed by atoms with van der Waals surface area (Å²) in [5, 5.41) is 0.634. The van der Waals surface area contributed by atoms with Crippen LogP contribution in [0.15, 0.2) is 24.3 Å². The molecular weight excluding hydrogens is 336 g/mol. The zero-order valence-corrected chi connectivity index (χ0v) is 15.8. The molecule has 0 N–H and O–H groups in total. The Hall–Kier alpha value is -1.55. The first-order chi connectivity index (χ1) is 12.0. The van der Waals surface area contributed by atoms with E-state index < -0.39 is 6.04 Å². The zero-order chi connectivity index (χ0) is 18.0. The first-order valence-electron chi connectivity index (χ1n) is 9.36. The normalized spacial score (nSPS) is 23.3. The second kappa shape index (κ2) is 7.77. The van der Waals surface area contributed by atoms with Gasteiger partial charge < -0.3 is 9.80 Å². The number of carbonyl (C=O) groups is 2. The van der Waals surface area contributed by atoms with Crippen molar-refractivity contribution in [3.63, 3.8) is 0 Å². The Labute approximate surface area is 155 Å². The number of amides is 2. The predicted molar refractivity (Wildman–Crippen MR) is 99.4 cm³/mol. The number of rotatable bonds is 3. The third kappa shape index (κ3) is 3.84. The summed E-state index contributed by atoms with van der Waals surface area (Å²) in [7, 11) is 0. The highest BCUT2D eigenvalue weighted by atomic mass is 35.5. The van der Waals surface area contributed by atoms with Crippen molar-refractivity contribution in [2.24, 2.45) is 0 Å². The highest BCUT2D eigenvalue weighted by Gasteiger charge is 2.43. The fourth-order valence-electron chi connectivity index (χ4n) is 4.14. The molecule has 0 bridgehead atoms. The van der Waals surface area contributed by atoms with Crippen LogP contribution in [0.5, 0.6) is 0 Å². The lowest BCUT2D eigenvalue weighted by Gasteiger charge is -2.45. The van der Waals surface area contributed by atoms with E-state index in [1.165, 1.54) is 12.8 Å². The minimum absolute atomic E-state index is 0.0200. The Morgan fingerprint density at radius 2 is 1.60 bits per heavy atom. The largest absolute Gasteiger partial charge is 0.328 e. The number of carbonyl (C=O) groups excluding carboxylic acids is 2. The molecule has 1 heterocycles. The van der Waals surface area contributed by atoms with Crippen molar-refractivity contribution in [1.82, 2.24) is 9.80 Å². The van der Waals surface area contributed by atoms with Crippen LogP contribution in [0.25, 0.3) is 0 Å². The van der Waals surface area contributed by atoms with Crippen molar-refractivity contribution >= 4 is 23.4 Å². The third-order valence-electron chi connectivity index (χ3n) is 5.40. The summed E-state index contributed by atoms with van der Waals surface area (Å²) in [5.74, 6) is 0.0984. The Balaban J connectivity index is 1.93. The van der Waals surface area contributed by atoms with E-state index in [-0.39, 0.29) is 30.4 Å². The molecule has 2 fully saturated rings. The van der Waals surface area contributed by atoms with Crippen LogP contribution in [-0.2, 0) is 9.59 Å². The van der Waals surface area contributed by atoms with E-state index in [4.69, 9.17) is 11.6 Å². The van der Waals surface area contributed by atoms with E-state index in [0.717, 1.165) is 31.2 Å². The van der Waals surface area contributed by atoms with E-state index in [1.54, 1.807) is 17.0 Å². The third-order valence-corrected chi connectivity index (χ3v) is 5.65. The second-order valence-electron chi connectivity index (χ2n) is 7.46. The SMILES string of the molecule is CC(C)N1C(=O)CN(C2CCCCCC2)C(=O)C1c1ccc(Cl)cc1. The van der Waals surface area contributed by atoms with Crippen LogP contribution < -0.4 is 0 Å². The molecule has 0 spiro atoms. The lowest BCUT2D eigenvalue weighted by Crippen LogP contribution is -2.59. The first kappa shape index (κ1) is 18.2. The number of halogens is 1. The van der Waals surface area contributed by atoms with Gasteiger partial charge in [-0.05, 0) is 44.4 Å². The van der Waals surface area contributed by atoms with Crippen molar-refractivity contribution in [3.05, 3.63) is 34.9 Å². The summed E-state index contributed by atoms with van der Waals surface area (Å²) in [5.41, 5.74) is 0.842. The van der Waals surface area contributed by atoms with E-state index >= 15 is 0 Å². The Morgan fingerprint density at radius 3 is 2.16 bits per heavy atom. The highest BCUT2D eigenvalue weighted by molar-refractivity contribution is 6.30. The van der Waals surface area contributed by atoms with Crippen molar-refractivity contribution in [1.29, 1.82) is 0 Å². The standard InChI is InChI=1S/C20H27ClN2O2/c1-14(2)23-18(24)13-22(17-7-5-3-4-6-8-17)20(25)19(23)15-9-11-16(21)12-10-15/h9-12,14,17,19H,3-8,13H2,1-2H3. The van der Waals surface area contributed by atoms with Gasteiger partial charge in [-0.2, -0.15) is 0 Å². The Kier molecular flexibility index (Phi) is 5.67. The number of benzene rings is 1. The molecule has 0 radical (unpaired) electrons. The maximum absolute atomic E-state index is 13.4. The number of piperazine rings is 1. The molecule has 2 amide bonds. The topological polar surface area (TPSA) is 40.6 Å². The maximum atomic E-state index is 13.4. The average Bonchev–Trinajstić information content (AvgIpc) is 2.86. The van der Waals surface area contributed by atoms with Gasteiger partial charge in [0.25, 0.3) is 5.91 Å². The molecule has 25 heavy (non-hydrogen) atoms. The van der Waals surface area contributed by atoms with Crippen molar-refractivity contribution in [3.8, 4) is 0 Å². The van der Waals surface area contributed by atoms with Gasteiger partial charge >= 0.3 is 0 Å². The molecule has 1 saturated heterocycles. The highest BCUT2D eigenvalue weighted by Crippen LogP contribution is 2.33. The lowest BCUT2D eigenvalue weighted by molar-refractivity contribution is -0.160. The fraction of sp³-hybridized carbons (Fsp3) is 0.600. The Bertz CT molecular complexity index is 621. The molecule has 1 aliphatic heterocycles. The molecule has 1 atom stereocenters. The van der Waals surface area contributed by atoms with Crippen molar-refractivity contribution < 1.29 is 9.59 Å². The van der Waals surface area contributed by atoms with Gasteiger partial charge in [0.15, 0.2) is 0 Å². The molecule has 5 heteroatoms. The van der Waals surface area contributed by atoms with Gasteiger partial charge in [-0.25, -0.2) is 0 Å². The summed E-state index contributed by atoms with van der Waals surface area (Å²) in [4.78, 5) is 29.8. The molecular formula is C20H27ClN2O2. The van der Waals surface area contributed by atoms with Crippen molar-refractivity contribution in [2.75, 3.05) is 6.54 Å². The molecule has 1 aromatic rings. The van der Waals surface area contributed by atoms with Gasteiger partial charge in [-0.3, -0.25) is 9.59 Å². The van der Waals surface area contributed by atoms with Crippen LogP contribution in [-0.4, -0.2) is 40.2 Å². The van der Waals surface area contributed by atoms with Gasteiger partial charge in [-0.1, -0.05) is 49.4 Å². The molecule has 4 nitrogen and oxygen atoms in total. The molecule has 2 aliphatic rings. The van der Waals surface area contributed by atoms with Gasteiger partial charge in [-0.15, -0.1) is 0 Å². The summed E-state index contributed by atoms with van der Waals surface area (Å²) in [6, 6.07) is 6.95.